The van der Waals surface area contributed by atoms with Gasteiger partial charge in [0.15, 0.2) is 0 Å². The van der Waals surface area contributed by atoms with Crippen LogP contribution in [0.1, 0.15) is 24.3 Å². The average molecular weight is 196 g/mol. The van der Waals surface area contributed by atoms with E-state index in [1.165, 1.54) is 16.9 Å². The highest BCUT2D eigenvalue weighted by Gasteiger charge is 2.04. The first-order chi connectivity index (χ1) is 6.20. The van der Waals surface area contributed by atoms with Gasteiger partial charge in [-0.3, -0.25) is 4.79 Å². The number of carbonyl (C=O) groups is 1. The summed E-state index contributed by atoms with van der Waals surface area (Å²) in [4.78, 5) is 15.2. The molecule has 1 amide bonds. The van der Waals surface area contributed by atoms with Crippen molar-refractivity contribution in [2.45, 2.75) is 13.8 Å². The summed E-state index contributed by atoms with van der Waals surface area (Å²) in [5, 5.41) is 4.48. The molecule has 0 aliphatic heterocycles. The fourth-order valence-corrected chi connectivity index (χ4v) is 1.30. The number of amides is 1. The van der Waals surface area contributed by atoms with Crippen LogP contribution in [0.5, 0.6) is 0 Å². The van der Waals surface area contributed by atoms with Crippen LogP contribution in [0.15, 0.2) is 22.5 Å². The van der Waals surface area contributed by atoms with Crippen molar-refractivity contribution in [3.63, 3.8) is 0 Å². The molecule has 1 aromatic rings. The molecule has 1 rings (SSSR count). The minimum Gasteiger partial charge on any atom is -0.347 e. The lowest BCUT2D eigenvalue weighted by atomic mass is 10.3. The topological polar surface area (TPSA) is 42.0 Å². The molecular formula is C9H12N2OS. The number of thiazole rings is 1. The Labute approximate surface area is 81.5 Å². The SMILES string of the molecule is CC(C)=CCNC(=O)c1cscn1. The van der Waals surface area contributed by atoms with Gasteiger partial charge >= 0.3 is 0 Å². The Morgan fingerprint density at radius 2 is 2.46 bits per heavy atom. The third-order valence-corrected chi connectivity index (χ3v) is 2.02. The number of hydrogen-bond acceptors (Lipinski definition) is 3. The van der Waals surface area contributed by atoms with Crippen LogP contribution in [0.2, 0.25) is 0 Å². The Morgan fingerprint density at radius 3 is 3.00 bits per heavy atom. The molecule has 70 valence electrons. The first-order valence-corrected chi connectivity index (χ1v) is 4.94. The quantitative estimate of drug-likeness (QED) is 0.749. The summed E-state index contributed by atoms with van der Waals surface area (Å²) >= 11 is 1.42. The van der Waals surface area contributed by atoms with Gasteiger partial charge in [0, 0.05) is 11.9 Å². The lowest BCUT2D eigenvalue weighted by Gasteiger charge is -1.98. The number of rotatable bonds is 3. The Hall–Kier alpha value is -1.16. The molecule has 4 heteroatoms. The fraction of sp³-hybridized carbons (Fsp3) is 0.333. The molecule has 0 atom stereocenters. The van der Waals surface area contributed by atoms with Gasteiger partial charge in [0.1, 0.15) is 5.69 Å². The van der Waals surface area contributed by atoms with Gasteiger partial charge in [-0.15, -0.1) is 11.3 Å². The maximum absolute atomic E-state index is 11.3. The second-order valence-electron chi connectivity index (χ2n) is 2.87. The molecule has 0 aromatic carbocycles. The summed E-state index contributed by atoms with van der Waals surface area (Å²) in [5.41, 5.74) is 3.33. The van der Waals surface area contributed by atoms with E-state index in [0.29, 0.717) is 12.2 Å². The Morgan fingerprint density at radius 1 is 1.69 bits per heavy atom. The van der Waals surface area contributed by atoms with Crippen molar-refractivity contribution in [1.29, 1.82) is 0 Å². The van der Waals surface area contributed by atoms with Crippen molar-refractivity contribution in [3.05, 3.63) is 28.2 Å². The van der Waals surface area contributed by atoms with Gasteiger partial charge in [0.2, 0.25) is 0 Å². The smallest absolute Gasteiger partial charge is 0.270 e. The van der Waals surface area contributed by atoms with Crippen LogP contribution in [0.25, 0.3) is 0 Å². The summed E-state index contributed by atoms with van der Waals surface area (Å²) in [6.07, 6.45) is 1.96. The van der Waals surface area contributed by atoms with Crippen LogP contribution in [0.4, 0.5) is 0 Å². The summed E-state index contributed by atoms with van der Waals surface area (Å²) in [6.45, 7) is 4.56. The largest absolute Gasteiger partial charge is 0.347 e. The number of nitrogens with one attached hydrogen (secondary N) is 1. The number of carbonyl (C=O) groups excluding carboxylic acids is 1. The number of aromatic nitrogens is 1. The van der Waals surface area contributed by atoms with Gasteiger partial charge in [0.05, 0.1) is 5.51 Å². The molecule has 0 saturated heterocycles. The highest BCUT2D eigenvalue weighted by Crippen LogP contribution is 1.99. The van der Waals surface area contributed by atoms with Gasteiger partial charge < -0.3 is 5.32 Å². The number of allylic oxidation sites excluding steroid dienone is 1. The van der Waals surface area contributed by atoms with Crippen LogP contribution >= 0.6 is 11.3 Å². The zero-order valence-corrected chi connectivity index (χ0v) is 8.52. The molecule has 13 heavy (non-hydrogen) atoms. The summed E-state index contributed by atoms with van der Waals surface area (Å²) < 4.78 is 0. The minimum atomic E-state index is -0.112. The highest BCUT2D eigenvalue weighted by molar-refractivity contribution is 7.07. The lowest BCUT2D eigenvalue weighted by Crippen LogP contribution is -2.23. The molecule has 1 N–H and O–H groups in total. The van der Waals surface area contributed by atoms with Gasteiger partial charge in [0.25, 0.3) is 5.91 Å². The van der Waals surface area contributed by atoms with Crippen LogP contribution in [-0.4, -0.2) is 17.4 Å². The zero-order chi connectivity index (χ0) is 9.68. The maximum atomic E-state index is 11.3. The van der Waals surface area contributed by atoms with E-state index < -0.39 is 0 Å². The van der Waals surface area contributed by atoms with E-state index in [2.05, 4.69) is 10.3 Å². The van der Waals surface area contributed by atoms with Crippen molar-refractivity contribution in [2.24, 2.45) is 0 Å². The number of nitrogens with zero attached hydrogens (tertiary/aromatic N) is 1. The average Bonchev–Trinajstić information content (AvgIpc) is 2.55. The van der Waals surface area contributed by atoms with Gasteiger partial charge in [-0.2, -0.15) is 0 Å². The van der Waals surface area contributed by atoms with Crippen molar-refractivity contribution < 1.29 is 4.79 Å². The summed E-state index contributed by atoms with van der Waals surface area (Å²) in [6, 6.07) is 0. The van der Waals surface area contributed by atoms with Crippen LogP contribution in [-0.2, 0) is 0 Å². The fourth-order valence-electron chi connectivity index (χ4n) is 0.763. The first kappa shape index (κ1) is 9.92. The molecule has 0 aliphatic carbocycles. The standard InChI is InChI=1S/C9H12N2OS/c1-7(2)3-4-10-9(12)8-5-13-6-11-8/h3,5-6H,4H2,1-2H3,(H,10,12). The van der Waals surface area contributed by atoms with E-state index in [1.54, 1.807) is 10.9 Å². The zero-order valence-electron chi connectivity index (χ0n) is 7.70. The third-order valence-electron chi connectivity index (χ3n) is 1.44. The first-order valence-electron chi connectivity index (χ1n) is 4.00. The van der Waals surface area contributed by atoms with Crippen molar-refractivity contribution in [2.75, 3.05) is 6.54 Å². The van der Waals surface area contributed by atoms with E-state index in [-0.39, 0.29) is 5.91 Å². The molecule has 0 unspecified atom stereocenters. The third kappa shape index (κ3) is 3.38. The molecule has 0 saturated carbocycles. The van der Waals surface area contributed by atoms with Crippen LogP contribution in [0.3, 0.4) is 0 Å². The van der Waals surface area contributed by atoms with Crippen LogP contribution < -0.4 is 5.32 Å². The summed E-state index contributed by atoms with van der Waals surface area (Å²) in [7, 11) is 0. The van der Waals surface area contributed by atoms with Crippen LogP contribution in [0, 0.1) is 0 Å². The molecule has 0 radical (unpaired) electrons. The van der Waals surface area contributed by atoms with Crippen molar-refractivity contribution >= 4 is 17.2 Å². The number of hydrogen-bond donors (Lipinski definition) is 1. The second kappa shape index (κ2) is 4.77. The molecule has 0 aliphatic rings. The van der Waals surface area contributed by atoms with Crippen molar-refractivity contribution in [1.82, 2.24) is 10.3 Å². The maximum Gasteiger partial charge on any atom is 0.270 e. The Bertz CT molecular complexity index is 299. The molecule has 1 aromatic heterocycles. The van der Waals surface area contributed by atoms with E-state index >= 15 is 0 Å². The predicted octanol–water partition coefficient (Wildman–Crippen LogP) is 1.84. The van der Waals surface area contributed by atoms with E-state index in [0.717, 1.165) is 0 Å². The van der Waals surface area contributed by atoms with Crippen molar-refractivity contribution in [3.8, 4) is 0 Å². The van der Waals surface area contributed by atoms with E-state index in [4.69, 9.17) is 0 Å². The van der Waals surface area contributed by atoms with E-state index in [9.17, 15) is 4.79 Å². The summed E-state index contributed by atoms with van der Waals surface area (Å²) in [5.74, 6) is -0.112. The lowest BCUT2D eigenvalue weighted by molar-refractivity contribution is 0.0953. The van der Waals surface area contributed by atoms with E-state index in [1.807, 2.05) is 19.9 Å². The van der Waals surface area contributed by atoms with Gasteiger partial charge in [-0.05, 0) is 13.8 Å². The molecule has 0 bridgehead atoms. The van der Waals surface area contributed by atoms with Gasteiger partial charge in [-0.1, -0.05) is 11.6 Å². The Balaban J connectivity index is 2.39. The molecule has 0 spiro atoms. The normalized spacial score (nSPS) is 9.38. The molecular weight excluding hydrogens is 184 g/mol. The predicted molar refractivity (Wildman–Crippen MR) is 53.9 cm³/mol. The van der Waals surface area contributed by atoms with Gasteiger partial charge in [-0.25, -0.2) is 4.98 Å². The monoisotopic (exact) mass is 196 g/mol. The molecule has 3 nitrogen and oxygen atoms in total. The molecule has 1 heterocycles. The Kier molecular flexibility index (Phi) is 3.64. The second-order valence-corrected chi connectivity index (χ2v) is 3.58. The highest BCUT2D eigenvalue weighted by atomic mass is 32.1. The minimum absolute atomic E-state index is 0.112. The molecule has 0 fully saturated rings.